The van der Waals surface area contributed by atoms with Crippen LogP contribution in [0.4, 0.5) is 0 Å². The summed E-state index contributed by atoms with van der Waals surface area (Å²) in [5.41, 5.74) is -0.0650. The van der Waals surface area contributed by atoms with Crippen molar-refractivity contribution in [1.82, 2.24) is 5.32 Å². The highest BCUT2D eigenvalue weighted by molar-refractivity contribution is 7.92. The SMILES string of the molecule is CNC(CS(=O)(=O)C1CCOC1C)C(C)(C)C. The predicted octanol–water partition coefficient (Wildman–Crippen LogP) is 1.21. The fourth-order valence-corrected chi connectivity index (χ4v) is 4.80. The van der Waals surface area contributed by atoms with E-state index in [1.54, 1.807) is 0 Å². The average Bonchev–Trinajstić information content (AvgIpc) is 2.59. The van der Waals surface area contributed by atoms with Crippen LogP contribution in [0.25, 0.3) is 0 Å². The third kappa shape index (κ3) is 3.66. The number of nitrogens with one attached hydrogen (secondary N) is 1. The molecule has 3 atom stereocenters. The van der Waals surface area contributed by atoms with Gasteiger partial charge in [-0.3, -0.25) is 0 Å². The molecule has 0 bridgehead atoms. The molecule has 1 fully saturated rings. The van der Waals surface area contributed by atoms with Crippen LogP contribution in [0, 0.1) is 5.41 Å². The molecule has 1 saturated heterocycles. The molecule has 0 amide bonds. The van der Waals surface area contributed by atoms with Crippen molar-refractivity contribution in [2.24, 2.45) is 5.41 Å². The van der Waals surface area contributed by atoms with Gasteiger partial charge in [-0.15, -0.1) is 0 Å². The van der Waals surface area contributed by atoms with E-state index in [0.717, 1.165) is 0 Å². The fourth-order valence-electron chi connectivity index (χ4n) is 2.31. The van der Waals surface area contributed by atoms with Gasteiger partial charge in [0.2, 0.25) is 0 Å². The van der Waals surface area contributed by atoms with Gasteiger partial charge in [-0.05, 0) is 25.8 Å². The summed E-state index contributed by atoms with van der Waals surface area (Å²) in [6.07, 6.45) is 0.460. The highest BCUT2D eigenvalue weighted by Gasteiger charge is 2.38. The molecule has 1 heterocycles. The summed E-state index contributed by atoms with van der Waals surface area (Å²) in [5, 5.41) is 2.78. The van der Waals surface area contributed by atoms with Crippen molar-refractivity contribution >= 4 is 9.84 Å². The molecule has 3 unspecified atom stereocenters. The van der Waals surface area contributed by atoms with Crippen LogP contribution in [0.2, 0.25) is 0 Å². The highest BCUT2D eigenvalue weighted by Crippen LogP contribution is 2.26. The Morgan fingerprint density at radius 2 is 2.00 bits per heavy atom. The van der Waals surface area contributed by atoms with E-state index in [1.165, 1.54) is 0 Å². The molecule has 1 aliphatic rings. The Balaban J connectivity index is 2.78. The molecule has 102 valence electrons. The van der Waals surface area contributed by atoms with Gasteiger partial charge in [-0.25, -0.2) is 8.42 Å². The van der Waals surface area contributed by atoms with Crippen LogP contribution in [0.1, 0.15) is 34.1 Å². The second-order valence-electron chi connectivity index (χ2n) is 5.94. The van der Waals surface area contributed by atoms with Crippen molar-refractivity contribution in [3.8, 4) is 0 Å². The van der Waals surface area contributed by atoms with E-state index in [9.17, 15) is 8.42 Å². The van der Waals surface area contributed by atoms with E-state index in [1.807, 2.05) is 14.0 Å². The molecule has 0 spiro atoms. The van der Waals surface area contributed by atoms with Crippen LogP contribution < -0.4 is 5.32 Å². The Morgan fingerprint density at radius 3 is 2.35 bits per heavy atom. The summed E-state index contributed by atoms with van der Waals surface area (Å²) in [7, 11) is -1.27. The van der Waals surface area contributed by atoms with E-state index in [4.69, 9.17) is 4.74 Å². The van der Waals surface area contributed by atoms with Gasteiger partial charge >= 0.3 is 0 Å². The molecule has 1 rings (SSSR count). The fraction of sp³-hybridized carbons (Fsp3) is 1.00. The van der Waals surface area contributed by atoms with Crippen LogP contribution in [0.15, 0.2) is 0 Å². The first kappa shape index (κ1) is 14.9. The first-order chi connectivity index (χ1) is 7.68. The maximum Gasteiger partial charge on any atom is 0.157 e. The smallest absolute Gasteiger partial charge is 0.157 e. The topological polar surface area (TPSA) is 55.4 Å². The van der Waals surface area contributed by atoms with Crippen LogP contribution in [0.3, 0.4) is 0 Å². The summed E-state index contributed by atoms with van der Waals surface area (Å²) in [4.78, 5) is 0. The summed E-state index contributed by atoms with van der Waals surface area (Å²) in [5.74, 6) is 0.186. The molecule has 17 heavy (non-hydrogen) atoms. The van der Waals surface area contributed by atoms with Gasteiger partial charge in [-0.1, -0.05) is 20.8 Å². The average molecular weight is 263 g/mol. The molecule has 0 aromatic carbocycles. The molecule has 0 saturated carbocycles. The minimum Gasteiger partial charge on any atom is -0.377 e. The summed E-state index contributed by atoms with van der Waals surface area (Å²) in [6.45, 7) is 8.57. The van der Waals surface area contributed by atoms with Gasteiger partial charge < -0.3 is 10.1 Å². The zero-order chi connectivity index (χ0) is 13.3. The van der Waals surface area contributed by atoms with Gasteiger partial charge in [-0.2, -0.15) is 0 Å². The number of rotatable bonds is 4. The number of sulfone groups is 1. The first-order valence-corrected chi connectivity index (χ1v) is 7.90. The van der Waals surface area contributed by atoms with E-state index < -0.39 is 9.84 Å². The quantitative estimate of drug-likeness (QED) is 0.828. The zero-order valence-corrected chi connectivity index (χ0v) is 12.3. The van der Waals surface area contributed by atoms with Gasteiger partial charge in [0.1, 0.15) is 0 Å². The number of ether oxygens (including phenoxy) is 1. The van der Waals surface area contributed by atoms with E-state index in [-0.39, 0.29) is 28.6 Å². The lowest BCUT2D eigenvalue weighted by Crippen LogP contribution is -2.46. The van der Waals surface area contributed by atoms with Gasteiger partial charge in [0.25, 0.3) is 0 Å². The first-order valence-electron chi connectivity index (χ1n) is 6.19. The highest BCUT2D eigenvalue weighted by atomic mass is 32.2. The third-order valence-corrected chi connectivity index (χ3v) is 5.90. The maximum absolute atomic E-state index is 12.3. The van der Waals surface area contributed by atoms with Gasteiger partial charge in [0.05, 0.1) is 17.1 Å². The molecule has 1 N–H and O–H groups in total. The third-order valence-electron chi connectivity index (χ3n) is 3.56. The molecular weight excluding hydrogens is 238 g/mol. The molecule has 0 radical (unpaired) electrons. The lowest BCUT2D eigenvalue weighted by molar-refractivity contribution is 0.126. The van der Waals surface area contributed by atoms with Crippen LogP contribution in [0.5, 0.6) is 0 Å². The second kappa shape index (κ2) is 5.24. The molecule has 0 aromatic rings. The molecular formula is C12H25NO3S. The van der Waals surface area contributed by atoms with Crippen molar-refractivity contribution in [3.05, 3.63) is 0 Å². The number of hydrogen-bond donors (Lipinski definition) is 1. The monoisotopic (exact) mass is 263 g/mol. The predicted molar refractivity (Wildman–Crippen MR) is 69.9 cm³/mol. The van der Waals surface area contributed by atoms with Crippen LogP contribution >= 0.6 is 0 Å². The summed E-state index contributed by atoms with van der Waals surface area (Å²) < 4.78 is 30.0. The van der Waals surface area contributed by atoms with E-state index >= 15 is 0 Å². The lowest BCUT2D eigenvalue weighted by Gasteiger charge is -2.31. The van der Waals surface area contributed by atoms with E-state index in [2.05, 4.69) is 26.1 Å². The van der Waals surface area contributed by atoms with E-state index in [0.29, 0.717) is 13.0 Å². The molecule has 4 nitrogen and oxygen atoms in total. The Bertz CT molecular complexity index is 345. The molecule has 0 aromatic heterocycles. The Morgan fingerprint density at radius 1 is 1.41 bits per heavy atom. The Labute approximate surface area is 105 Å². The summed E-state index contributed by atoms with van der Waals surface area (Å²) >= 11 is 0. The summed E-state index contributed by atoms with van der Waals surface area (Å²) in [6, 6.07) is -0.0275. The van der Waals surface area contributed by atoms with Crippen molar-refractivity contribution in [1.29, 1.82) is 0 Å². The zero-order valence-electron chi connectivity index (χ0n) is 11.5. The second-order valence-corrected chi connectivity index (χ2v) is 8.20. The van der Waals surface area contributed by atoms with Crippen molar-refractivity contribution in [3.63, 3.8) is 0 Å². The molecule has 5 heteroatoms. The lowest BCUT2D eigenvalue weighted by atomic mass is 9.88. The van der Waals surface area contributed by atoms with Crippen molar-refractivity contribution < 1.29 is 13.2 Å². The van der Waals surface area contributed by atoms with Gasteiger partial charge in [0.15, 0.2) is 9.84 Å². The van der Waals surface area contributed by atoms with Crippen LogP contribution in [-0.2, 0) is 14.6 Å². The maximum atomic E-state index is 12.3. The van der Waals surface area contributed by atoms with Crippen molar-refractivity contribution in [2.45, 2.75) is 51.5 Å². The molecule has 1 aliphatic heterocycles. The van der Waals surface area contributed by atoms with Crippen LogP contribution in [-0.4, -0.2) is 45.2 Å². The Kier molecular flexibility index (Phi) is 4.60. The minimum atomic E-state index is -3.09. The minimum absolute atomic E-state index is 0.0275. The largest absolute Gasteiger partial charge is 0.377 e. The van der Waals surface area contributed by atoms with Crippen molar-refractivity contribution in [2.75, 3.05) is 19.4 Å². The van der Waals surface area contributed by atoms with Gasteiger partial charge in [0, 0.05) is 12.6 Å². The normalized spacial score (nSPS) is 28.3. The molecule has 0 aliphatic carbocycles. The Hall–Kier alpha value is -0.130. The number of hydrogen-bond acceptors (Lipinski definition) is 4. The standard InChI is InChI=1S/C12H25NO3S/c1-9-10(6-7-16-9)17(14,15)8-11(13-5)12(2,3)4/h9-11,13H,6-8H2,1-5H3.